The first kappa shape index (κ1) is 23.7. The number of benzene rings is 1. The van der Waals surface area contributed by atoms with Crippen molar-refractivity contribution < 1.29 is 24.2 Å². The number of hydrogen-bond donors (Lipinski definition) is 2. The maximum Gasteiger partial charge on any atom is 0.409 e. The molecule has 2 N–H and O–H groups in total. The van der Waals surface area contributed by atoms with Crippen molar-refractivity contribution in [3.8, 4) is 0 Å². The summed E-state index contributed by atoms with van der Waals surface area (Å²) in [5.41, 5.74) is 1.19. The number of rotatable bonds is 10. The van der Waals surface area contributed by atoms with Gasteiger partial charge in [-0.15, -0.1) is 0 Å². The zero-order valence-electron chi connectivity index (χ0n) is 18.9. The van der Waals surface area contributed by atoms with Crippen LogP contribution in [0.1, 0.15) is 31.5 Å². The minimum absolute atomic E-state index is 0.273. The van der Waals surface area contributed by atoms with E-state index in [0.29, 0.717) is 26.0 Å². The molecule has 0 saturated carbocycles. The zero-order valence-corrected chi connectivity index (χ0v) is 18.9. The Bertz CT molecular complexity index is 899. The van der Waals surface area contributed by atoms with Gasteiger partial charge in [0.2, 0.25) is 0 Å². The van der Waals surface area contributed by atoms with Gasteiger partial charge in [0.25, 0.3) is 0 Å². The summed E-state index contributed by atoms with van der Waals surface area (Å²) in [4.78, 5) is 29.7. The molecular weight excluding hydrogens is 412 g/mol. The third-order valence-electron chi connectivity index (χ3n) is 5.74. The van der Waals surface area contributed by atoms with E-state index in [1.807, 2.05) is 29.0 Å². The van der Waals surface area contributed by atoms with E-state index >= 15 is 0 Å². The lowest BCUT2D eigenvalue weighted by atomic mass is 10.1. The fraction of sp³-hybridized carbons (Fsp3) is 0.522. The molecular formula is C23H32N4O5. The van der Waals surface area contributed by atoms with Crippen LogP contribution < -0.4 is 5.32 Å². The smallest absolute Gasteiger partial charge is 0.409 e. The minimum atomic E-state index is -1.01. The molecule has 32 heavy (non-hydrogen) atoms. The Morgan fingerprint density at radius 2 is 2.09 bits per heavy atom. The van der Waals surface area contributed by atoms with Crippen molar-refractivity contribution in [2.45, 2.75) is 57.5 Å². The lowest BCUT2D eigenvalue weighted by molar-refractivity contribution is -0.143. The fourth-order valence-electron chi connectivity index (χ4n) is 4.03. The quantitative estimate of drug-likeness (QED) is 0.542. The van der Waals surface area contributed by atoms with E-state index in [1.54, 1.807) is 20.2 Å². The topological polar surface area (TPSA) is 106 Å². The molecule has 9 nitrogen and oxygen atoms in total. The SMILES string of the molecule is COC(=O)[C@H](Cc1cn(CCc2ccccc2)cn1)NCC[C@H]1COC(C)(C)N1C(=O)O. The third-order valence-corrected chi connectivity index (χ3v) is 5.74. The Hall–Kier alpha value is -2.91. The maximum absolute atomic E-state index is 12.3. The summed E-state index contributed by atoms with van der Waals surface area (Å²) in [5, 5.41) is 12.7. The van der Waals surface area contributed by atoms with E-state index in [-0.39, 0.29) is 12.0 Å². The Morgan fingerprint density at radius 3 is 2.78 bits per heavy atom. The highest BCUT2D eigenvalue weighted by Gasteiger charge is 2.43. The van der Waals surface area contributed by atoms with Crippen LogP contribution >= 0.6 is 0 Å². The second-order valence-corrected chi connectivity index (χ2v) is 8.43. The van der Waals surface area contributed by atoms with Crippen molar-refractivity contribution in [3.63, 3.8) is 0 Å². The first-order valence-electron chi connectivity index (χ1n) is 10.8. The van der Waals surface area contributed by atoms with Gasteiger partial charge in [-0.3, -0.25) is 9.69 Å². The van der Waals surface area contributed by atoms with Crippen molar-refractivity contribution in [2.75, 3.05) is 20.3 Å². The number of methoxy groups -OCH3 is 1. The summed E-state index contributed by atoms with van der Waals surface area (Å²) >= 11 is 0. The lowest BCUT2D eigenvalue weighted by Gasteiger charge is -2.31. The van der Waals surface area contributed by atoms with Gasteiger partial charge in [-0.25, -0.2) is 9.78 Å². The number of nitrogens with one attached hydrogen (secondary N) is 1. The molecule has 1 amide bonds. The predicted octanol–water partition coefficient (Wildman–Crippen LogP) is 2.30. The van der Waals surface area contributed by atoms with Crippen LogP contribution in [-0.4, -0.2) is 69.7 Å². The molecule has 0 unspecified atom stereocenters. The van der Waals surface area contributed by atoms with Gasteiger partial charge in [-0.2, -0.15) is 0 Å². The van der Waals surface area contributed by atoms with Gasteiger partial charge in [-0.1, -0.05) is 30.3 Å². The number of aryl methyl sites for hydroxylation is 2. The van der Waals surface area contributed by atoms with E-state index < -0.39 is 17.9 Å². The molecule has 174 valence electrons. The van der Waals surface area contributed by atoms with Crippen LogP contribution in [0.5, 0.6) is 0 Å². The molecule has 1 aromatic carbocycles. The van der Waals surface area contributed by atoms with Gasteiger partial charge < -0.3 is 24.5 Å². The summed E-state index contributed by atoms with van der Waals surface area (Å²) in [6, 6.07) is 9.40. The fourth-order valence-corrected chi connectivity index (χ4v) is 4.03. The first-order valence-corrected chi connectivity index (χ1v) is 10.8. The molecule has 2 aromatic rings. The zero-order chi connectivity index (χ0) is 23.1. The first-order chi connectivity index (χ1) is 15.3. The molecule has 0 spiro atoms. The number of carbonyl (C=O) groups is 2. The van der Waals surface area contributed by atoms with Crippen LogP contribution in [0.2, 0.25) is 0 Å². The predicted molar refractivity (Wildman–Crippen MR) is 118 cm³/mol. The summed E-state index contributed by atoms with van der Waals surface area (Å²) in [5.74, 6) is -0.373. The van der Waals surface area contributed by atoms with Crippen molar-refractivity contribution in [1.82, 2.24) is 19.8 Å². The van der Waals surface area contributed by atoms with Crippen LogP contribution in [0.3, 0.4) is 0 Å². The lowest BCUT2D eigenvalue weighted by Crippen LogP contribution is -2.48. The van der Waals surface area contributed by atoms with Gasteiger partial charge in [0.05, 0.1) is 31.8 Å². The Balaban J connectivity index is 1.53. The van der Waals surface area contributed by atoms with Crippen molar-refractivity contribution >= 4 is 12.1 Å². The van der Waals surface area contributed by atoms with Crippen LogP contribution in [0.15, 0.2) is 42.9 Å². The van der Waals surface area contributed by atoms with Crippen molar-refractivity contribution in [3.05, 3.63) is 54.1 Å². The van der Waals surface area contributed by atoms with Crippen LogP contribution in [0, 0.1) is 0 Å². The summed E-state index contributed by atoms with van der Waals surface area (Å²) in [6.07, 6.45) is 4.52. The molecule has 2 atom stereocenters. The van der Waals surface area contributed by atoms with Crippen molar-refractivity contribution in [1.29, 1.82) is 0 Å². The maximum atomic E-state index is 12.3. The summed E-state index contributed by atoms with van der Waals surface area (Å²) in [7, 11) is 1.36. The number of hydrogen-bond acceptors (Lipinski definition) is 6. The molecule has 1 aliphatic rings. The largest absolute Gasteiger partial charge is 0.468 e. The van der Waals surface area contributed by atoms with Crippen LogP contribution in [0.4, 0.5) is 4.79 Å². The molecule has 1 saturated heterocycles. The van der Waals surface area contributed by atoms with E-state index in [9.17, 15) is 14.7 Å². The van der Waals surface area contributed by atoms with Gasteiger partial charge in [0.15, 0.2) is 0 Å². The van der Waals surface area contributed by atoms with Crippen LogP contribution in [0.25, 0.3) is 0 Å². The van der Waals surface area contributed by atoms with Crippen molar-refractivity contribution in [2.24, 2.45) is 0 Å². The molecule has 1 aliphatic heterocycles. The molecule has 1 aromatic heterocycles. The number of amides is 1. The molecule has 9 heteroatoms. The van der Waals surface area contributed by atoms with E-state index in [1.165, 1.54) is 17.6 Å². The molecule has 3 rings (SSSR count). The Labute approximate surface area is 188 Å². The average Bonchev–Trinajstić information content (AvgIpc) is 3.34. The third kappa shape index (κ3) is 6.08. The Morgan fingerprint density at radius 1 is 1.34 bits per heavy atom. The normalized spacial score (nSPS) is 18.5. The van der Waals surface area contributed by atoms with E-state index in [0.717, 1.165) is 18.7 Å². The van der Waals surface area contributed by atoms with Crippen LogP contribution in [-0.2, 0) is 33.7 Å². The standard InChI is InChI=1S/C23H32N4O5/c1-23(2)27(22(29)30)19(15-32-23)9-11-24-20(21(28)31-3)13-18-14-26(16-25-18)12-10-17-7-5-4-6-8-17/h4-8,14,16,19-20,24H,9-13,15H2,1-3H3,(H,29,30)/t19-,20-/m0/s1. The Kier molecular flexibility index (Phi) is 7.87. The van der Waals surface area contributed by atoms with Gasteiger partial charge in [0, 0.05) is 19.2 Å². The number of imidazole rings is 1. The number of carboxylic acid groups (broad SMARTS) is 1. The number of nitrogens with zero attached hydrogens (tertiary/aromatic N) is 3. The van der Waals surface area contributed by atoms with Gasteiger partial charge >= 0.3 is 12.1 Å². The minimum Gasteiger partial charge on any atom is -0.468 e. The molecule has 1 fully saturated rings. The average molecular weight is 445 g/mol. The highest BCUT2D eigenvalue weighted by Crippen LogP contribution is 2.28. The van der Waals surface area contributed by atoms with E-state index in [2.05, 4.69) is 22.4 Å². The summed E-state index contributed by atoms with van der Waals surface area (Å²) in [6.45, 7) is 5.05. The second kappa shape index (κ2) is 10.6. The number of ether oxygens (including phenoxy) is 2. The van der Waals surface area contributed by atoms with Gasteiger partial charge in [0.1, 0.15) is 11.8 Å². The number of esters is 1. The van der Waals surface area contributed by atoms with E-state index in [4.69, 9.17) is 9.47 Å². The molecule has 0 aliphatic carbocycles. The number of aromatic nitrogens is 2. The second-order valence-electron chi connectivity index (χ2n) is 8.43. The highest BCUT2D eigenvalue weighted by atomic mass is 16.5. The summed E-state index contributed by atoms with van der Waals surface area (Å²) < 4.78 is 12.6. The molecule has 0 bridgehead atoms. The highest BCUT2D eigenvalue weighted by molar-refractivity contribution is 5.76. The van der Waals surface area contributed by atoms with Gasteiger partial charge in [-0.05, 0) is 38.8 Å². The molecule has 0 radical (unpaired) electrons. The number of carbonyl (C=O) groups excluding carboxylic acids is 1. The monoisotopic (exact) mass is 444 g/mol. The molecule has 2 heterocycles.